The molecule has 2 aromatic carbocycles. The zero-order valence-corrected chi connectivity index (χ0v) is 20.1. The lowest BCUT2D eigenvalue weighted by molar-refractivity contribution is -0.123. The van der Waals surface area contributed by atoms with Gasteiger partial charge in [-0.1, -0.05) is 48.9 Å². The Labute approximate surface area is 206 Å². The molecule has 0 bridgehead atoms. The van der Waals surface area contributed by atoms with Crippen LogP contribution in [0.2, 0.25) is 0 Å². The van der Waals surface area contributed by atoms with Gasteiger partial charge in [0.25, 0.3) is 5.91 Å². The van der Waals surface area contributed by atoms with Gasteiger partial charge in [-0.2, -0.15) is 0 Å². The van der Waals surface area contributed by atoms with E-state index in [1.54, 1.807) is 19.2 Å². The number of likely N-dealkylation sites (tertiary alicyclic amines) is 1. The number of benzene rings is 2. The fraction of sp³-hybridized carbons (Fsp3) is 0.357. The average molecular weight is 476 g/mol. The van der Waals surface area contributed by atoms with E-state index in [-0.39, 0.29) is 17.7 Å². The van der Waals surface area contributed by atoms with Crippen LogP contribution in [0.3, 0.4) is 0 Å². The van der Waals surface area contributed by atoms with Crippen molar-refractivity contribution in [1.82, 2.24) is 15.5 Å². The molecule has 0 radical (unpaired) electrons. The molecular weight excluding hydrogens is 442 g/mol. The van der Waals surface area contributed by atoms with Crippen LogP contribution in [0.25, 0.3) is 0 Å². The molecule has 184 valence electrons. The van der Waals surface area contributed by atoms with Gasteiger partial charge in [-0.05, 0) is 61.3 Å². The molecule has 35 heavy (non-hydrogen) atoms. The Hall–Kier alpha value is -3.58. The Bertz CT molecular complexity index is 1060. The maximum atomic E-state index is 13.4. The molecule has 2 N–H and O–H groups in total. The van der Waals surface area contributed by atoms with Gasteiger partial charge < -0.3 is 19.8 Å². The highest BCUT2D eigenvalue weighted by molar-refractivity contribution is 5.95. The molecule has 2 heterocycles. The van der Waals surface area contributed by atoms with Gasteiger partial charge in [0.1, 0.15) is 11.8 Å². The van der Waals surface area contributed by atoms with Crippen molar-refractivity contribution in [3.63, 3.8) is 0 Å². The minimum Gasteiger partial charge on any atom is -0.497 e. The Morgan fingerprint density at radius 3 is 2.37 bits per heavy atom. The van der Waals surface area contributed by atoms with Crippen molar-refractivity contribution < 1.29 is 18.7 Å². The van der Waals surface area contributed by atoms with Crippen LogP contribution in [0, 0.1) is 0 Å². The minimum atomic E-state index is -0.729. The number of rotatable bonds is 10. The molecule has 1 aromatic heterocycles. The summed E-state index contributed by atoms with van der Waals surface area (Å²) in [5, 5.41) is 5.97. The van der Waals surface area contributed by atoms with Crippen LogP contribution in [0.5, 0.6) is 5.75 Å². The van der Waals surface area contributed by atoms with Crippen LogP contribution < -0.4 is 15.4 Å². The largest absolute Gasteiger partial charge is 0.497 e. The van der Waals surface area contributed by atoms with Crippen LogP contribution in [0.4, 0.5) is 0 Å². The van der Waals surface area contributed by atoms with E-state index in [1.165, 1.54) is 12.7 Å². The summed E-state index contributed by atoms with van der Waals surface area (Å²) in [4.78, 5) is 28.5. The van der Waals surface area contributed by atoms with Crippen LogP contribution in [-0.4, -0.2) is 49.5 Å². The zero-order valence-electron chi connectivity index (χ0n) is 20.1. The zero-order chi connectivity index (χ0) is 24.5. The maximum Gasteiger partial charge on any atom is 0.287 e. The third-order valence-corrected chi connectivity index (χ3v) is 6.45. The highest BCUT2D eigenvalue weighted by Gasteiger charge is 2.27. The minimum absolute atomic E-state index is 0.0447. The van der Waals surface area contributed by atoms with Crippen LogP contribution in [-0.2, 0) is 11.2 Å². The Kier molecular flexibility index (Phi) is 8.57. The monoisotopic (exact) mass is 475 g/mol. The first-order valence-electron chi connectivity index (χ1n) is 12.2. The highest BCUT2D eigenvalue weighted by Crippen LogP contribution is 2.26. The van der Waals surface area contributed by atoms with Crippen molar-refractivity contribution in [2.75, 3.05) is 26.7 Å². The van der Waals surface area contributed by atoms with E-state index in [1.807, 2.05) is 42.5 Å². The molecule has 1 saturated heterocycles. The summed E-state index contributed by atoms with van der Waals surface area (Å²) < 4.78 is 10.5. The molecule has 0 spiro atoms. The van der Waals surface area contributed by atoms with Crippen molar-refractivity contribution in [2.24, 2.45) is 0 Å². The van der Waals surface area contributed by atoms with Crippen molar-refractivity contribution in [3.05, 3.63) is 89.9 Å². The molecule has 2 amide bonds. The summed E-state index contributed by atoms with van der Waals surface area (Å²) in [7, 11) is 1.65. The summed E-state index contributed by atoms with van der Waals surface area (Å²) in [6.07, 6.45) is 5.36. The maximum absolute atomic E-state index is 13.4. The van der Waals surface area contributed by atoms with Gasteiger partial charge in [-0.15, -0.1) is 0 Å². The van der Waals surface area contributed by atoms with E-state index >= 15 is 0 Å². The van der Waals surface area contributed by atoms with E-state index in [4.69, 9.17) is 9.15 Å². The predicted molar refractivity (Wildman–Crippen MR) is 134 cm³/mol. The quantitative estimate of drug-likeness (QED) is 0.464. The van der Waals surface area contributed by atoms with Crippen LogP contribution in [0.15, 0.2) is 77.4 Å². The number of hydrogen-bond acceptors (Lipinski definition) is 5. The van der Waals surface area contributed by atoms with Gasteiger partial charge in [-0.3, -0.25) is 14.5 Å². The van der Waals surface area contributed by atoms with E-state index in [9.17, 15) is 9.59 Å². The van der Waals surface area contributed by atoms with Crippen molar-refractivity contribution in [3.8, 4) is 5.75 Å². The number of nitrogens with zero attached hydrogens (tertiary/aromatic N) is 1. The van der Waals surface area contributed by atoms with E-state index in [0.717, 1.165) is 42.8 Å². The lowest BCUT2D eigenvalue weighted by Gasteiger charge is -2.35. The average Bonchev–Trinajstić information content (AvgIpc) is 3.45. The molecule has 4 rings (SSSR count). The van der Waals surface area contributed by atoms with Crippen molar-refractivity contribution in [1.29, 1.82) is 0 Å². The standard InChI is InChI=1S/C28H33N3O4/c1-34-23-14-12-22(13-15-23)25(31-16-6-3-7-17-31)20-29-27(32)24(19-21-9-4-2-5-10-21)30-28(33)26-11-8-18-35-26/h2,4-5,8-15,18,24-25H,3,6-7,16-17,19-20H2,1H3,(H,29,32)(H,30,33)/t24-,25-/m1/s1. The van der Waals surface area contributed by atoms with E-state index in [0.29, 0.717) is 13.0 Å². The second-order valence-corrected chi connectivity index (χ2v) is 8.82. The van der Waals surface area contributed by atoms with Gasteiger partial charge in [-0.25, -0.2) is 0 Å². The molecule has 0 aliphatic carbocycles. The molecule has 0 saturated carbocycles. The van der Waals surface area contributed by atoms with Crippen molar-refractivity contribution in [2.45, 2.75) is 37.8 Å². The molecule has 2 atom stereocenters. The van der Waals surface area contributed by atoms with Gasteiger partial charge in [0.2, 0.25) is 5.91 Å². The first kappa shape index (κ1) is 24.5. The second kappa shape index (κ2) is 12.2. The number of amides is 2. The van der Waals surface area contributed by atoms with E-state index in [2.05, 4.69) is 27.7 Å². The normalized spacial score (nSPS) is 15.7. The van der Waals surface area contributed by atoms with Gasteiger partial charge in [0, 0.05) is 13.0 Å². The number of carbonyl (C=O) groups is 2. The Morgan fingerprint density at radius 2 is 1.71 bits per heavy atom. The summed E-state index contributed by atoms with van der Waals surface area (Å²) >= 11 is 0. The molecule has 7 nitrogen and oxygen atoms in total. The first-order valence-corrected chi connectivity index (χ1v) is 12.2. The predicted octanol–water partition coefficient (Wildman–Crippen LogP) is 3.97. The molecule has 1 aliphatic rings. The summed E-state index contributed by atoms with van der Waals surface area (Å²) in [6, 6.07) is 20.3. The van der Waals surface area contributed by atoms with Gasteiger partial charge in [0.15, 0.2) is 5.76 Å². The van der Waals surface area contributed by atoms with Gasteiger partial charge >= 0.3 is 0 Å². The first-order chi connectivity index (χ1) is 17.1. The summed E-state index contributed by atoms with van der Waals surface area (Å²) in [5.74, 6) is 0.358. The molecule has 1 fully saturated rings. The van der Waals surface area contributed by atoms with E-state index < -0.39 is 11.9 Å². The van der Waals surface area contributed by atoms with Crippen LogP contribution in [0.1, 0.15) is 47.0 Å². The number of piperidine rings is 1. The third kappa shape index (κ3) is 6.73. The Balaban J connectivity index is 1.48. The number of carbonyl (C=O) groups excluding carboxylic acids is 2. The lowest BCUT2D eigenvalue weighted by Crippen LogP contribution is -2.50. The molecule has 7 heteroatoms. The third-order valence-electron chi connectivity index (χ3n) is 6.45. The number of methoxy groups -OCH3 is 1. The fourth-order valence-electron chi connectivity index (χ4n) is 4.53. The molecular formula is C28H33N3O4. The lowest BCUT2D eigenvalue weighted by atomic mass is 10.0. The number of ether oxygens (including phenoxy) is 1. The molecule has 0 unspecified atom stereocenters. The molecule has 3 aromatic rings. The highest BCUT2D eigenvalue weighted by atomic mass is 16.5. The van der Waals surface area contributed by atoms with Gasteiger partial charge in [0.05, 0.1) is 19.4 Å². The molecule has 1 aliphatic heterocycles. The summed E-state index contributed by atoms with van der Waals surface area (Å²) in [6.45, 7) is 2.44. The summed E-state index contributed by atoms with van der Waals surface area (Å²) in [5.41, 5.74) is 2.10. The number of hydrogen-bond donors (Lipinski definition) is 2. The topological polar surface area (TPSA) is 83.8 Å². The van der Waals surface area contributed by atoms with Crippen LogP contribution >= 0.6 is 0 Å². The fourth-order valence-corrected chi connectivity index (χ4v) is 4.53. The number of nitrogens with one attached hydrogen (secondary N) is 2. The SMILES string of the molecule is COc1ccc([C@@H](CNC(=O)[C@@H](Cc2ccccc2)NC(=O)c2ccco2)N2CCCCC2)cc1. The van der Waals surface area contributed by atoms with Crippen molar-refractivity contribution >= 4 is 11.8 Å². The second-order valence-electron chi connectivity index (χ2n) is 8.82. The smallest absolute Gasteiger partial charge is 0.287 e. The number of furan rings is 1. The Morgan fingerprint density at radius 1 is 0.971 bits per heavy atom.